The van der Waals surface area contributed by atoms with E-state index in [4.69, 9.17) is 14.2 Å². The van der Waals surface area contributed by atoms with Crippen LogP contribution in [0.4, 0.5) is 0 Å². The topological polar surface area (TPSA) is 44.8 Å². The van der Waals surface area contributed by atoms with Crippen molar-refractivity contribution in [2.75, 3.05) is 13.7 Å². The largest absolute Gasteiger partial charge is 0.497 e. The van der Waals surface area contributed by atoms with Gasteiger partial charge < -0.3 is 14.2 Å². The van der Waals surface area contributed by atoms with Crippen molar-refractivity contribution in [3.8, 4) is 11.5 Å². The van der Waals surface area contributed by atoms with E-state index in [2.05, 4.69) is 0 Å². The Labute approximate surface area is 172 Å². The standard InChI is InChI=1S/C25H26O4/c1-3-28-25(26)24(21-11-15-22(27-2)16-12-21)17-19-9-13-23(14-10-19)29-18-20-7-5-4-6-8-20/h4-16,24H,3,17-18H2,1-2H3. The maximum atomic E-state index is 12.6. The number of benzene rings is 3. The first-order chi connectivity index (χ1) is 14.2. The maximum absolute atomic E-state index is 12.6. The number of hydrogen-bond donors (Lipinski definition) is 0. The number of esters is 1. The van der Waals surface area contributed by atoms with Crippen LogP contribution in [0.2, 0.25) is 0 Å². The first-order valence-corrected chi connectivity index (χ1v) is 9.76. The molecule has 1 atom stereocenters. The molecule has 1 unspecified atom stereocenters. The average Bonchev–Trinajstić information content (AvgIpc) is 2.78. The molecule has 0 spiro atoms. The Morgan fingerprint density at radius 2 is 1.48 bits per heavy atom. The van der Waals surface area contributed by atoms with Gasteiger partial charge in [-0.15, -0.1) is 0 Å². The lowest BCUT2D eigenvalue weighted by Gasteiger charge is -2.17. The summed E-state index contributed by atoms with van der Waals surface area (Å²) in [7, 11) is 1.62. The zero-order valence-corrected chi connectivity index (χ0v) is 16.8. The number of rotatable bonds is 9. The van der Waals surface area contributed by atoms with Crippen LogP contribution in [-0.2, 0) is 22.6 Å². The Hall–Kier alpha value is -3.27. The van der Waals surface area contributed by atoms with Crippen molar-refractivity contribution < 1.29 is 19.0 Å². The van der Waals surface area contributed by atoms with Gasteiger partial charge in [0.2, 0.25) is 0 Å². The van der Waals surface area contributed by atoms with Crippen LogP contribution in [0.3, 0.4) is 0 Å². The monoisotopic (exact) mass is 390 g/mol. The fraction of sp³-hybridized carbons (Fsp3) is 0.240. The van der Waals surface area contributed by atoms with Gasteiger partial charge in [-0.2, -0.15) is 0 Å². The minimum atomic E-state index is -0.364. The van der Waals surface area contributed by atoms with Crippen molar-refractivity contribution in [3.05, 3.63) is 95.6 Å². The maximum Gasteiger partial charge on any atom is 0.313 e. The van der Waals surface area contributed by atoms with E-state index in [1.54, 1.807) is 7.11 Å². The van der Waals surface area contributed by atoms with Gasteiger partial charge in [0.15, 0.2) is 0 Å². The van der Waals surface area contributed by atoms with Gasteiger partial charge in [-0.1, -0.05) is 54.6 Å². The molecule has 3 rings (SSSR count). The van der Waals surface area contributed by atoms with Gasteiger partial charge in [0.05, 0.1) is 19.6 Å². The second-order valence-electron chi connectivity index (χ2n) is 6.70. The lowest BCUT2D eigenvalue weighted by molar-refractivity contribution is -0.144. The molecule has 0 radical (unpaired) electrons. The molecule has 3 aromatic carbocycles. The third-order valence-electron chi connectivity index (χ3n) is 4.70. The van der Waals surface area contributed by atoms with Crippen LogP contribution in [0.5, 0.6) is 11.5 Å². The van der Waals surface area contributed by atoms with E-state index in [-0.39, 0.29) is 11.9 Å². The summed E-state index contributed by atoms with van der Waals surface area (Å²) in [6.45, 7) is 2.71. The van der Waals surface area contributed by atoms with E-state index < -0.39 is 0 Å². The summed E-state index contributed by atoms with van der Waals surface area (Å²) in [5, 5.41) is 0. The van der Waals surface area contributed by atoms with E-state index in [0.717, 1.165) is 28.2 Å². The van der Waals surface area contributed by atoms with E-state index >= 15 is 0 Å². The fourth-order valence-corrected chi connectivity index (χ4v) is 3.11. The fourth-order valence-electron chi connectivity index (χ4n) is 3.11. The number of carbonyl (C=O) groups excluding carboxylic acids is 1. The summed E-state index contributed by atoms with van der Waals surface area (Å²) in [5.74, 6) is 0.977. The number of methoxy groups -OCH3 is 1. The second-order valence-corrected chi connectivity index (χ2v) is 6.70. The summed E-state index contributed by atoms with van der Waals surface area (Å²) < 4.78 is 16.4. The van der Waals surface area contributed by atoms with E-state index in [0.29, 0.717) is 19.6 Å². The molecule has 150 valence electrons. The van der Waals surface area contributed by atoms with Crippen molar-refractivity contribution >= 4 is 5.97 Å². The zero-order chi connectivity index (χ0) is 20.5. The lowest BCUT2D eigenvalue weighted by Crippen LogP contribution is -2.18. The first-order valence-electron chi connectivity index (χ1n) is 9.76. The third-order valence-corrected chi connectivity index (χ3v) is 4.70. The van der Waals surface area contributed by atoms with E-state index in [1.807, 2.05) is 85.8 Å². The van der Waals surface area contributed by atoms with Crippen LogP contribution in [-0.4, -0.2) is 19.7 Å². The predicted molar refractivity (Wildman–Crippen MR) is 113 cm³/mol. The summed E-state index contributed by atoms with van der Waals surface area (Å²) in [5.41, 5.74) is 3.08. The molecule has 0 heterocycles. The van der Waals surface area contributed by atoms with Crippen LogP contribution in [0.1, 0.15) is 29.5 Å². The molecular formula is C25H26O4. The molecule has 3 aromatic rings. The van der Waals surface area contributed by atoms with E-state index in [1.165, 1.54) is 0 Å². The van der Waals surface area contributed by atoms with Crippen LogP contribution in [0.25, 0.3) is 0 Å². The average molecular weight is 390 g/mol. The van der Waals surface area contributed by atoms with Crippen molar-refractivity contribution in [1.82, 2.24) is 0 Å². The zero-order valence-electron chi connectivity index (χ0n) is 16.8. The Balaban J connectivity index is 1.68. The Kier molecular flexibility index (Phi) is 7.28. The molecule has 0 aromatic heterocycles. The Morgan fingerprint density at radius 1 is 0.828 bits per heavy atom. The minimum Gasteiger partial charge on any atom is -0.497 e. The van der Waals surface area contributed by atoms with Crippen molar-refractivity contribution in [3.63, 3.8) is 0 Å². The van der Waals surface area contributed by atoms with Crippen LogP contribution in [0.15, 0.2) is 78.9 Å². The van der Waals surface area contributed by atoms with Crippen LogP contribution >= 0.6 is 0 Å². The molecule has 0 amide bonds. The summed E-state index contributed by atoms with van der Waals surface area (Å²) in [4.78, 5) is 12.6. The normalized spacial score (nSPS) is 11.5. The highest BCUT2D eigenvalue weighted by atomic mass is 16.5. The summed E-state index contributed by atoms with van der Waals surface area (Å²) in [6.07, 6.45) is 0.560. The van der Waals surface area contributed by atoms with Gasteiger partial charge in [0, 0.05) is 0 Å². The van der Waals surface area contributed by atoms with Gasteiger partial charge in [-0.3, -0.25) is 4.79 Å². The highest BCUT2D eigenvalue weighted by Gasteiger charge is 2.22. The second kappa shape index (κ2) is 10.3. The Morgan fingerprint density at radius 3 is 2.10 bits per heavy atom. The molecule has 0 saturated heterocycles. The van der Waals surface area contributed by atoms with E-state index in [9.17, 15) is 4.79 Å². The minimum absolute atomic E-state index is 0.220. The lowest BCUT2D eigenvalue weighted by atomic mass is 9.92. The van der Waals surface area contributed by atoms with Gasteiger partial charge in [-0.05, 0) is 54.3 Å². The molecule has 4 heteroatoms. The van der Waals surface area contributed by atoms with Crippen molar-refractivity contribution in [2.45, 2.75) is 25.9 Å². The van der Waals surface area contributed by atoms with Crippen molar-refractivity contribution in [1.29, 1.82) is 0 Å². The predicted octanol–water partition coefficient (Wildman–Crippen LogP) is 5.16. The first kappa shape index (κ1) is 20.5. The molecule has 4 nitrogen and oxygen atoms in total. The molecule has 0 fully saturated rings. The highest BCUT2D eigenvalue weighted by Crippen LogP contribution is 2.26. The molecule has 0 bridgehead atoms. The Bertz CT molecular complexity index is 886. The van der Waals surface area contributed by atoms with Gasteiger partial charge in [-0.25, -0.2) is 0 Å². The van der Waals surface area contributed by atoms with Gasteiger partial charge in [0.1, 0.15) is 18.1 Å². The molecule has 0 N–H and O–H groups in total. The molecular weight excluding hydrogens is 364 g/mol. The molecule has 0 saturated carbocycles. The molecule has 0 aliphatic heterocycles. The quantitative estimate of drug-likeness (QED) is 0.473. The molecule has 29 heavy (non-hydrogen) atoms. The van der Waals surface area contributed by atoms with Crippen LogP contribution < -0.4 is 9.47 Å². The number of carbonyl (C=O) groups is 1. The van der Waals surface area contributed by atoms with Crippen molar-refractivity contribution in [2.24, 2.45) is 0 Å². The van der Waals surface area contributed by atoms with Crippen LogP contribution in [0, 0.1) is 0 Å². The third kappa shape index (κ3) is 5.85. The van der Waals surface area contributed by atoms with Gasteiger partial charge in [0.25, 0.3) is 0 Å². The smallest absolute Gasteiger partial charge is 0.313 e. The molecule has 0 aliphatic rings. The number of ether oxygens (including phenoxy) is 3. The summed E-state index contributed by atoms with van der Waals surface area (Å²) >= 11 is 0. The number of hydrogen-bond acceptors (Lipinski definition) is 4. The summed E-state index contributed by atoms with van der Waals surface area (Å²) in [6, 6.07) is 25.5. The highest BCUT2D eigenvalue weighted by molar-refractivity contribution is 5.78. The molecule has 0 aliphatic carbocycles. The SMILES string of the molecule is CCOC(=O)C(Cc1ccc(OCc2ccccc2)cc1)c1ccc(OC)cc1. The van der Waals surface area contributed by atoms with Gasteiger partial charge >= 0.3 is 5.97 Å².